The Balaban J connectivity index is 1.48. The van der Waals surface area contributed by atoms with E-state index in [2.05, 4.69) is 15.2 Å². The van der Waals surface area contributed by atoms with Crippen LogP contribution in [0.15, 0.2) is 54.7 Å². The smallest absolute Gasteiger partial charge is 0.325 e. The molecule has 0 saturated carbocycles. The molecular formula is C25H30N4O4. The van der Waals surface area contributed by atoms with Gasteiger partial charge in [-0.25, -0.2) is 0 Å². The van der Waals surface area contributed by atoms with Gasteiger partial charge in [-0.05, 0) is 30.7 Å². The summed E-state index contributed by atoms with van der Waals surface area (Å²) in [4.78, 5) is 31.4. The molecule has 1 aliphatic rings. The average molecular weight is 451 g/mol. The molecule has 33 heavy (non-hydrogen) atoms. The van der Waals surface area contributed by atoms with Crippen molar-refractivity contribution in [3.8, 4) is 5.75 Å². The number of aromatic nitrogens is 1. The maximum Gasteiger partial charge on any atom is 0.325 e. The number of rotatable bonds is 9. The Bertz CT molecular complexity index is 1090. The van der Waals surface area contributed by atoms with Crippen molar-refractivity contribution in [3.63, 3.8) is 0 Å². The fourth-order valence-electron chi connectivity index (χ4n) is 4.30. The van der Waals surface area contributed by atoms with Crippen molar-refractivity contribution in [1.82, 2.24) is 20.1 Å². The maximum absolute atomic E-state index is 12.3. The van der Waals surface area contributed by atoms with E-state index in [-0.39, 0.29) is 5.91 Å². The molecule has 0 spiro atoms. The van der Waals surface area contributed by atoms with Gasteiger partial charge in [0.25, 0.3) is 0 Å². The van der Waals surface area contributed by atoms with Crippen LogP contribution in [0, 0.1) is 0 Å². The number of aromatic amines is 1. The molecule has 2 heterocycles. The molecule has 1 aliphatic heterocycles. The SMILES string of the molecule is CCNC(=O)CN1CCN([C@@H](C(=O)O)c2c[nH]c3ccc(OCc4ccccc4)cc23)CC1. The van der Waals surface area contributed by atoms with Crippen molar-refractivity contribution >= 4 is 22.8 Å². The third kappa shape index (κ3) is 5.53. The number of carbonyl (C=O) groups is 2. The first kappa shape index (κ1) is 22.8. The summed E-state index contributed by atoms with van der Waals surface area (Å²) < 4.78 is 5.96. The standard InChI is InChI=1S/C25H30N4O4/c1-2-26-23(30)16-28-10-12-29(13-11-28)24(25(31)32)21-15-27-22-9-8-19(14-20(21)22)33-17-18-6-4-3-5-7-18/h3-9,14-15,24,27H,2,10-13,16-17H2,1H3,(H,26,30)(H,31,32)/t24-/m1/s1. The second kappa shape index (κ2) is 10.5. The molecule has 8 nitrogen and oxygen atoms in total. The van der Waals surface area contributed by atoms with Gasteiger partial charge in [-0.15, -0.1) is 0 Å². The predicted molar refractivity (Wildman–Crippen MR) is 126 cm³/mol. The Kier molecular flexibility index (Phi) is 7.26. The summed E-state index contributed by atoms with van der Waals surface area (Å²) >= 11 is 0. The monoisotopic (exact) mass is 450 g/mol. The van der Waals surface area contributed by atoms with Crippen molar-refractivity contribution in [2.75, 3.05) is 39.3 Å². The fraction of sp³-hybridized carbons (Fsp3) is 0.360. The number of aliphatic carboxylic acids is 1. The molecule has 1 saturated heterocycles. The highest BCUT2D eigenvalue weighted by Crippen LogP contribution is 2.32. The van der Waals surface area contributed by atoms with E-state index in [0.29, 0.717) is 51.6 Å². The highest BCUT2D eigenvalue weighted by Gasteiger charge is 2.32. The van der Waals surface area contributed by atoms with Crippen LogP contribution in [-0.4, -0.2) is 71.0 Å². The minimum Gasteiger partial charge on any atom is -0.489 e. The molecule has 0 radical (unpaired) electrons. The van der Waals surface area contributed by atoms with Gasteiger partial charge in [-0.2, -0.15) is 0 Å². The number of nitrogens with zero attached hydrogens (tertiary/aromatic N) is 2. The molecule has 0 aliphatic carbocycles. The van der Waals surface area contributed by atoms with Crippen LogP contribution < -0.4 is 10.1 Å². The number of carboxylic acid groups (broad SMARTS) is 1. The number of fused-ring (bicyclic) bond motifs is 1. The lowest BCUT2D eigenvalue weighted by atomic mass is 10.0. The van der Waals surface area contributed by atoms with Gasteiger partial charge in [0.15, 0.2) is 0 Å². The Morgan fingerprint density at radius 2 is 1.88 bits per heavy atom. The second-order valence-corrected chi connectivity index (χ2v) is 8.23. The Morgan fingerprint density at radius 3 is 2.58 bits per heavy atom. The maximum atomic E-state index is 12.3. The number of ether oxygens (including phenoxy) is 1. The van der Waals surface area contributed by atoms with E-state index in [1.807, 2.05) is 60.4 Å². The Morgan fingerprint density at radius 1 is 1.12 bits per heavy atom. The molecule has 1 amide bonds. The zero-order valence-electron chi connectivity index (χ0n) is 18.8. The molecule has 3 N–H and O–H groups in total. The Hall–Kier alpha value is -3.36. The molecule has 8 heteroatoms. The molecule has 0 bridgehead atoms. The molecule has 1 aromatic heterocycles. The van der Waals surface area contributed by atoms with Crippen LogP contribution in [0.4, 0.5) is 0 Å². The first-order valence-corrected chi connectivity index (χ1v) is 11.3. The third-order valence-electron chi connectivity index (χ3n) is 5.98. The van der Waals surface area contributed by atoms with Gasteiger partial charge in [-0.1, -0.05) is 30.3 Å². The lowest BCUT2D eigenvalue weighted by Gasteiger charge is -2.37. The van der Waals surface area contributed by atoms with Gasteiger partial charge < -0.3 is 20.1 Å². The van der Waals surface area contributed by atoms with Gasteiger partial charge >= 0.3 is 5.97 Å². The first-order chi connectivity index (χ1) is 16.0. The number of amides is 1. The molecule has 0 unspecified atom stereocenters. The molecule has 1 fully saturated rings. The summed E-state index contributed by atoms with van der Waals surface area (Å²) in [5.74, 6) is -0.188. The summed E-state index contributed by atoms with van der Waals surface area (Å²) in [5.41, 5.74) is 2.67. The fourth-order valence-corrected chi connectivity index (χ4v) is 4.30. The van der Waals surface area contributed by atoms with E-state index < -0.39 is 12.0 Å². The van der Waals surface area contributed by atoms with Crippen molar-refractivity contribution < 1.29 is 19.4 Å². The van der Waals surface area contributed by atoms with Crippen LogP contribution in [0.3, 0.4) is 0 Å². The number of piperazine rings is 1. The van der Waals surface area contributed by atoms with Gasteiger partial charge in [0.1, 0.15) is 18.4 Å². The van der Waals surface area contributed by atoms with Crippen LogP contribution in [-0.2, 0) is 16.2 Å². The van der Waals surface area contributed by atoms with Crippen LogP contribution in [0.25, 0.3) is 10.9 Å². The van der Waals surface area contributed by atoms with Crippen LogP contribution >= 0.6 is 0 Å². The molecular weight excluding hydrogens is 420 g/mol. The van der Waals surface area contributed by atoms with E-state index in [9.17, 15) is 14.7 Å². The quantitative estimate of drug-likeness (QED) is 0.464. The van der Waals surface area contributed by atoms with Crippen LogP contribution in [0.1, 0.15) is 24.1 Å². The first-order valence-electron chi connectivity index (χ1n) is 11.3. The summed E-state index contributed by atoms with van der Waals surface area (Å²) in [6, 6.07) is 14.9. The largest absolute Gasteiger partial charge is 0.489 e. The topological polar surface area (TPSA) is 97.9 Å². The minimum atomic E-state index is -0.885. The van der Waals surface area contributed by atoms with E-state index in [0.717, 1.165) is 22.0 Å². The molecule has 2 aromatic carbocycles. The minimum absolute atomic E-state index is 0.000366. The number of hydrogen-bond acceptors (Lipinski definition) is 5. The summed E-state index contributed by atoms with van der Waals surface area (Å²) in [6.45, 7) is 5.74. The highest BCUT2D eigenvalue weighted by atomic mass is 16.5. The van der Waals surface area contributed by atoms with Crippen molar-refractivity contribution in [1.29, 1.82) is 0 Å². The molecule has 3 aromatic rings. The average Bonchev–Trinajstić information content (AvgIpc) is 3.22. The molecule has 174 valence electrons. The van der Waals surface area contributed by atoms with Crippen molar-refractivity contribution in [3.05, 3.63) is 65.9 Å². The number of hydrogen-bond donors (Lipinski definition) is 3. The third-order valence-corrected chi connectivity index (χ3v) is 5.98. The normalized spacial score (nSPS) is 15.9. The van der Waals surface area contributed by atoms with E-state index in [4.69, 9.17) is 4.74 Å². The second-order valence-electron chi connectivity index (χ2n) is 8.23. The molecule has 4 rings (SSSR count). The van der Waals surface area contributed by atoms with E-state index >= 15 is 0 Å². The summed E-state index contributed by atoms with van der Waals surface area (Å²) in [7, 11) is 0. The number of likely N-dealkylation sites (N-methyl/N-ethyl adjacent to an activating group) is 1. The van der Waals surface area contributed by atoms with Crippen molar-refractivity contribution in [2.24, 2.45) is 0 Å². The number of H-pyrrole nitrogens is 1. The van der Waals surface area contributed by atoms with Gasteiger partial charge in [0, 0.05) is 55.4 Å². The lowest BCUT2D eigenvalue weighted by molar-refractivity contribution is -0.144. The molecule has 1 atom stereocenters. The summed E-state index contributed by atoms with van der Waals surface area (Å²) in [5, 5.41) is 13.7. The van der Waals surface area contributed by atoms with Crippen LogP contribution in [0.2, 0.25) is 0 Å². The summed E-state index contributed by atoms with van der Waals surface area (Å²) in [6.07, 6.45) is 1.78. The van der Waals surface area contributed by atoms with Gasteiger partial charge in [0.05, 0.1) is 6.54 Å². The zero-order valence-corrected chi connectivity index (χ0v) is 18.8. The predicted octanol–water partition coefficient (Wildman–Crippen LogP) is 2.63. The van der Waals surface area contributed by atoms with Gasteiger partial charge in [0.2, 0.25) is 5.91 Å². The Labute approximate surface area is 193 Å². The van der Waals surface area contributed by atoms with Crippen molar-refractivity contribution in [2.45, 2.75) is 19.6 Å². The van der Waals surface area contributed by atoms with E-state index in [1.165, 1.54) is 0 Å². The lowest BCUT2D eigenvalue weighted by Crippen LogP contribution is -2.51. The number of nitrogens with one attached hydrogen (secondary N) is 2. The van der Waals surface area contributed by atoms with Gasteiger partial charge in [-0.3, -0.25) is 19.4 Å². The zero-order chi connectivity index (χ0) is 23.2. The van der Waals surface area contributed by atoms with E-state index in [1.54, 1.807) is 6.20 Å². The number of benzene rings is 2. The number of carboxylic acids is 1. The van der Waals surface area contributed by atoms with Crippen LogP contribution in [0.5, 0.6) is 5.75 Å². The highest BCUT2D eigenvalue weighted by molar-refractivity contribution is 5.90. The number of carbonyl (C=O) groups excluding carboxylic acids is 1.